The zero-order valence-electron chi connectivity index (χ0n) is 9.82. The minimum Gasteiger partial charge on any atom is -0.383 e. The lowest BCUT2D eigenvalue weighted by Crippen LogP contribution is -2.30. The Kier molecular flexibility index (Phi) is 5.60. The molecule has 1 heterocycles. The second kappa shape index (κ2) is 7.03. The van der Waals surface area contributed by atoms with Crippen molar-refractivity contribution in [3.05, 3.63) is 24.0 Å². The van der Waals surface area contributed by atoms with Crippen molar-refractivity contribution in [3.8, 4) is 0 Å². The van der Waals surface area contributed by atoms with E-state index in [1.54, 1.807) is 7.11 Å². The number of aromatic nitrogens is 1. The van der Waals surface area contributed by atoms with Gasteiger partial charge in [-0.05, 0) is 18.7 Å². The van der Waals surface area contributed by atoms with E-state index in [0.29, 0.717) is 19.7 Å². The number of hydrogen-bond acceptors (Lipinski definition) is 3. The van der Waals surface area contributed by atoms with Crippen LogP contribution in [0.3, 0.4) is 0 Å². The summed E-state index contributed by atoms with van der Waals surface area (Å²) in [6, 6.07) is 2.00. The molecule has 1 aromatic heterocycles. The van der Waals surface area contributed by atoms with Gasteiger partial charge >= 0.3 is 0 Å². The highest BCUT2D eigenvalue weighted by Crippen LogP contribution is 2.00. The maximum atomic E-state index is 11.5. The van der Waals surface area contributed by atoms with Crippen molar-refractivity contribution in [2.24, 2.45) is 0 Å². The van der Waals surface area contributed by atoms with Crippen molar-refractivity contribution >= 4 is 5.91 Å². The number of rotatable bonds is 7. The van der Waals surface area contributed by atoms with Gasteiger partial charge in [-0.15, -0.1) is 0 Å². The molecule has 1 aromatic rings. The van der Waals surface area contributed by atoms with Crippen LogP contribution in [0.1, 0.15) is 5.56 Å². The van der Waals surface area contributed by atoms with Crippen LogP contribution in [0.2, 0.25) is 0 Å². The fourth-order valence-corrected chi connectivity index (χ4v) is 1.41. The molecular formula is C11H19N3O2. The summed E-state index contributed by atoms with van der Waals surface area (Å²) in [5.74, 6) is 0.00339. The molecule has 0 aromatic carbocycles. The van der Waals surface area contributed by atoms with Crippen molar-refractivity contribution in [2.45, 2.75) is 13.1 Å². The molecule has 0 unspecified atom stereocenters. The Balaban J connectivity index is 2.31. The number of amides is 1. The normalized spacial score (nSPS) is 10.4. The zero-order valence-corrected chi connectivity index (χ0v) is 9.82. The van der Waals surface area contributed by atoms with Gasteiger partial charge in [0.1, 0.15) is 6.54 Å². The molecule has 0 aliphatic heterocycles. The van der Waals surface area contributed by atoms with E-state index >= 15 is 0 Å². The highest BCUT2D eigenvalue weighted by Gasteiger charge is 2.02. The van der Waals surface area contributed by atoms with E-state index in [9.17, 15) is 4.79 Å². The van der Waals surface area contributed by atoms with E-state index in [4.69, 9.17) is 4.74 Å². The number of carbonyl (C=O) groups excluding carboxylic acids is 1. The lowest BCUT2D eigenvalue weighted by atomic mass is 10.3. The Bertz CT molecular complexity index is 323. The summed E-state index contributed by atoms with van der Waals surface area (Å²) in [5, 5.41) is 5.84. The number of hydrogen-bond donors (Lipinski definition) is 2. The molecule has 1 rings (SSSR count). The van der Waals surface area contributed by atoms with Crippen molar-refractivity contribution in [3.63, 3.8) is 0 Å². The number of nitrogens with one attached hydrogen (secondary N) is 2. The molecule has 0 fully saturated rings. The summed E-state index contributed by atoms with van der Waals surface area (Å²) in [5.41, 5.74) is 1.17. The topological polar surface area (TPSA) is 55.3 Å². The number of nitrogens with zero attached hydrogens (tertiary/aromatic N) is 1. The van der Waals surface area contributed by atoms with Gasteiger partial charge in [0.05, 0.1) is 6.61 Å². The fourth-order valence-electron chi connectivity index (χ4n) is 1.41. The largest absolute Gasteiger partial charge is 0.383 e. The fraction of sp³-hybridized carbons (Fsp3) is 0.545. The summed E-state index contributed by atoms with van der Waals surface area (Å²) in [7, 11) is 3.51. The molecule has 0 aliphatic rings. The van der Waals surface area contributed by atoms with Gasteiger partial charge in [-0.3, -0.25) is 4.79 Å². The second-order valence-electron chi connectivity index (χ2n) is 3.57. The number of carbonyl (C=O) groups is 1. The Morgan fingerprint density at radius 2 is 2.38 bits per heavy atom. The molecular weight excluding hydrogens is 206 g/mol. The lowest BCUT2D eigenvalue weighted by Gasteiger charge is -2.05. The van der Waals surface area contributed by atoms with Crippen LogP contribution in [-0.2, 0) is 22.6 Å². The van der Waals surface area contributed by atoms with Gasteiger partial charge in [-0.1, -0.05) is 0 Å². The van der Waals surface area contributed by atoms with E-state index in [-0.39, 0.29) is 5.91 Å². The quantitative estimate of drug-likeness (QED) is 0.641. The Labute approximate surface area is 95.8 Å². The van der Waals surface area contributed by atoms with Crippen molar-refractivity contribution in [1.29, 1.82) is 0 Å². The van der Waals surface area contributed by atoms with Crippen molar-refractivity contribution in [1.82, 2.24) is 15.2 Å². The highest BCUT2D eigenvalue weighted by atomic mass is 16.5. The molecule has 0 aliphatic carbocycles. The van der Waals surface area contributed by atoms with E-state index in [2.05, 4.69) is 10.6 Å². The summed E-state index contributed by atoms with van der Waals surface area (Å²) in [6.45, 7) is 2.27. The molecule has 1 amide bonds. The van der Waals surface area contributed by atoms with Gasteiger partial charge < -0.3 is 19.9 Å². The standard InChI is InChI=1S/C11H19N3O2/c1-12-7-10-3-5-14(8-10)9-11(15)13-4-6-16-2/h3,5,8,12H,4,6-7,9H2,1-2H3,(H,13,15). The van der Waals surface area contributed by atoms with Crippen molar-refractivity contribution < 1.29 is 9.53 Å². The first kappa shape index (κ1) is 12.7. The molecule has 5 nitrogen and oxygen atoms in total. The number of ether oxygens (including phenoxy) is 1. The Morgan fingerprint density at radius 1 is 1.56 bits per heavy atom. The van der Waals surface area contributed by atoms with Gasteiger partial charge in [0.25, 0.3) is 0 Å². The molecule has 2 N–H and O–H groups in total. The molecule has 16 heavy (non-hydrogen) atoms. The molecule has 0 bridgehead atoms. The van der Waals surface area contributed by atoms with E-state index in [1.807, 2.05) is 30.1 Å². The Hall–Kier alpha value is -1.33. The van der Waals surface area contributed by atoms with E-state index in [1.165, 1.54) is 5.56 Å². The average molecular weight is 225 g/mol. The summed E-state index contributed by atoms with van der Waals surface area (Å²) < 4.78 is 6.72. The summed E-state index contributed by atoms with van der Waals surface area (Å²) in [6.07, 6.45) is 3.87. The van der Waals surface area contributed by atoms with Crippen LogP contribution in [0.15, 0.2) is 18.5 Å². The molecule has 0 saturated heterocycles. The smallest absolute Gasteiger partial charge is 0.239 e. The third-order valence-electron chi connectivity index (χ3n) is 2.15. The van der Waals surface area contributed by atoms with E-state index in [0.717, 1.165) is 6.54 Å². The third kappa shape index (κ3) is 4.46. The van der Waals surface area contributed by atoms with Gasteiger partial charge in [-0.25, -0.2) is 0 Å². The predicted molar refractivity (Wildman–Crippen MR) is 62.1 cm³/mol. The maximum absolute atomic E-state index is 11.5. The first-order chi connectivity index (χ1) is 7.76. The van der Waals surface area contributed by atoms with Crippen LogP contribution in [0, 0.1) is 0 Å². The lowest BCUT2D eigenvalue weighted by molar-refractivity contribution is -0.121. The minimum atomic E-state index is 0.00339. The maximum Gasteiger partial charge on any atom is 0.239 e. The first-order valence-electron chi connectivity index (χ1n) is 5.31. The average Bonchev–Trinajstić information content (AvgIpc) is 2.66. The van der Waals surface area contributed by atoms with Crippen molar-refractivity contribution in [2.75, 3.05) is 27.3 Å². The molecule has 90 valence electrons. The van der Waals surface area contributed by atoms with Crippen LogP contribution in [0.25, 0.3) is 0 Å². The summed E-state index contributed by atoms with van der Waals surface area (Å²) >= 11 is 0. The highest BCUT2D eigenvalue weighted by molar-refractivity contribution is 5.75. The summed E-state index contributed by atoms with van der Waals surface area (Å²) in [4.78, 5) is 11.5. The predicted octanol–water partition coefficient (Wildman–Crippen LogP) is -0.0299. The van der Waals surface area contributed by atoms with Crippen LogP contribution in [0.5, 0.6) is 0 Å². The number of methoxy groups -OCH3 is 1. The second-order valence-corrected chi connectivity index (χ2v) is 3.57. The van der Waals surface area contributed by atoms with Crippen LogP contribution in [-0.4, -0.2) is 37.8 Å². The SMILES string of the molecule is CNCc1ccn(CC(=O)NCCOC)c1. The zero-order chi connectivity index (χ0) is 11.8. The van der Waals surface area contributed by atoms with Crippen LogP contribution >= 0.6 is 0 Å². The van der Waals surface area contributed by atoms with Crippen LogP contribution < -0.4 is 10.6 Å². The first-order valence-corrected chi connectivity index (χ1v) is 5.31. The monoisotopic (exact) mass is 225 g/mol. The molecule has 0 atom stereocenters. The molecule has 0 spiro atoms. The minimum absolute atomic E-state index is 0.00339. The van der Waals surface area contributed by atoms with Gasteiger partial charge in [0, 0.05) is 32.6 Å². The van der Waals surface area contributed by atoms with Gasteiger partial charge in [-0.2, -0.15) is 0 Å². The Morgan fingerprint density at radius 3 is 3.06 bits per heavy atom. The third-order valence-corrected chi connectivity index (χ3v) is 2.15. The van der Waals surface area contributed by atoms with E-state index < -0.39 is 0 Å². The molecule has 5 heteroatoms. The van der Waals surface area contributed by atoms with Gasteiger partial charge in [0.2, 0.25) is 5.91 Å². The molecule has 0 saturated carbocycles. The molecule has 0 radical (unpaired) electrons. The van der Waals surface area contributed by atoms with Crippen LogP contribution in [0.4, 0.5) is 0 Å². The van der Waals surface area contributed by atoms with Gasteiger partial charge in [0.15, 0.2) is 0 Å².